The first-order valence-corrected chi connectivity index (χ1v) is 10.5. The number of carbonyl (C=O) groups is 1. The highest BCUT2D eigenvalue weighted by Gasteiger charge is 2.29. The summed E-state index contributed by atoms with van der Waals surface area (Å²) in [7, 11) is 0. The third kappa shape index (κ3) is 4.65. The second-order valence-electron chi connectivity index (χ2n) is 8.57. The van der Waals surface area contributed by atoms with Gasteiger partial charge in [-0.3, -0.25) is 14.9 Å². The van der Waals surface area contributed by atoms with Crippen LogP contribution >= 0.6 is 0 Å². The molecule has 0 unspecified atom stereocenters. The van der Waals surface area contributed by atoms with Gasteiger partial charge in [-0.15, -0.1) is 0 Å². The second kappa shape index (κ2) is 8.33. The molecule has 0 aliphatic carbocycles. The highest BCUT2D eigenvalue weighted by atomic mass is 16.2. The number of aromatic amines is 1. The van der Waals surface area contributed by atoms with Gasteiger partial charge < -0.3 is 10.2 Å². The maximum absolute atomic E-state index is 12.8. The molecule has 1 fully saturated rings. The van der Waals surface area contributed by atoms with Gasteiger partial charge in [-0.1, -0.05) is 38.5 Å². The highest BCUT2D eigenvalue weighted by Crippen LogP contribution is 2.26. The average Bonchev–Trinajstić information content (AvgIpc) is 3.21. The summed E-state index contributed by atoms with van der Waals surface area (Å²) >= 11 is 0. The summed E-state index contributed by atoms with van der Waals surface area (Å²) in [6.45, 7) is 7.29. The van der Waals surface area contributed by atoms with Crippen molar-refractivity contribution in [1.82, 2.24) is 20.1 Å². The predicted molar refractivity (Wildman–Crippen MR) is 117 cm³/mol. The number of nitrogens with one attached hydrogen (secondary N) is 2. The van der Waals surface area contributed by atoms with Crippen molar-refractivity contribution in [2.75, 3.05) is 25.0 Å². The third-order valence-corrected chi connectivity index (χ3v) is 5.84. The number of benzene rings is 1. The number of amides is 1. The van der Waals surface area contributed by atoms with E-state index in [4.69, 9.17) is 0 Å². The number of anilines is 1. The van der Waals surface area contributed by atoms with Gasteiger partial charge in [0.1, 0.15) is 0 Å². The number of likely N-dealkylation sites (tertiary alicyclic amines) is 1. The molecule has 4 rings (SSSR count). The summed E-state index contributed by atoms with van der Waals surface area (Å²) in [4.78, 5) is 19.8. The largest absolute Gasteiger partial charge is 0.309 e. The van der Waals surface area contributed by atoms with Crippen LogP contribution in [0.3, 0.4) is 0 Å². The van der Waals surface area contributed by atoms with Crippen LogP contribution in [-0.2, 0) is 4.79 Å². The van der Waals surface area contributed by atoms with E-state index in [0.29, 0.717) is 5.82 Å². The maximum atomic E-state index is 12.8. The minimum atomic E-state index is -0.443. The van der Waals surface area contributed by atoms with Gasteiger partial charge in [-0.2, -0.15) is 5.10 Å². The van der Waals surface area contributed by atoms with E-state index >= 15 is 0 Å². The molecule has 1 amide bonds. The number of pyridine rings is 1. The normalized spacial score (nSPS) is 15.5. The van der Waals surface area contributed by atoms with Crippen LogP contribution in [0.4, 0.5) is 5.82 Å². The zero-order chi connectivity index (χ0) is 20.3. The fourth-order valence-electron chi connectivity index (χ4n) is 3.77. The number of para-hydroxylation sites is 1. The number of aromatic nitrogens is 3. The zero-order valence-electron chi connectivity index (χ0n) is 17.2. The molecule has 152 valence electrons. The Bertz CT molecular complexity index is 988. The summed E-state index contributed by atoms with van der Waals surface area (Å²) in [5.41, 5.74) is 2.30. The Kier molecular flexibility index (Phi) is 5.62. The van der Waals surface area contributed by atoms with E-state index in [9.17, 15) is 4.79 Å². The van der Waals surface area contributed by atoms with Gasteiger partial charge >= 0.3 is 0 Å². The molecular weight excluding hydrogens is 362 g/mol. The number of carbonyl (C=O) groups excluding carboxylic acids is 1. The van der Waals surface area contributed by atoms with Gasteiger partial charge in [0.2, 0.25) is 5.91 Å². The first kappa shape index (κ1) is 19.6. The van der Waals surface area contributed by atoms with E-state index in [1.165, 1.54) is 19.3 Å². The Balaban J connectivity index is 1.40. The molecule has 1 aliphatic rings. The maximum Gasteiger partial charge on any atom is 0.231 e. The lowest BCUT2D eigenvalue weighted by Gasteiger charge is -2.30. The summed E-state index contributed by atoms with van der Waals surface area (Å²) < 4.78 is 0. The van der Waals surface area contributed by atoms with E-state index < -0.39 is 5.41 Å². The number of hydrogen-bond donors (Lipinski definition) is 2. The summed E-state index contributed by atoms with van der Waals surface area (Å²) in [5.74, 6) is 0.549. The van der Waals surface area contributed by atoms with Gasteiger partial charge in [-0.05, 0) is 51.0 Å². The van der Waals surface area contributed by atoms with Gasteiger partial charge in [0.25, 0.3) is 0 Å². The van der Waals surface area contributed by atoms with Crippen LogP contribution in [0.1, 0.15) is 39.5 Å². The number of hydrogen-bond acceptors (Lipinski definition) is 4. The fourth-order valence-corrected chi connectivity index (χ4v) is 3.77. The predicted octanol–water partition coefficient (Wildman–Crippen LogP) is 4.47. The Morgan fingerprint density at radius 3 is 2.79 bits per heavy atom. The number of H-pyrrole nitrogens is 1. The van der Waals surface area contributed by atoms with Crippen LogP contribution in [0, 0.1) is 5.41 Å². The Labute approximate surface area is 171 Å². The third-order valence-electron chi connectivity index (χ3n) is 5.84. The molecule has 0 atom stereocenters. The number of piperidine rings is 1. The zero-order valence-corrected chi connectivity index (χ0v) is 17.2. The van der Waals surface area contributed by atoms with Crippen LogP contribution in [0.2, 0.25) is 0 Å². The molecule has 1 aromatic carbocycles. The average molecular weight is 392 g/mol. The van der Waals surface area contributed by atoms with E-state index in [0.717, 1.165) is 48.2 Å². The SMILES string of the molecule is CC(C)(CCN1CCCCC1)C(=O)Nc1cc(-c2cnc3ccccc3c2)[nH]n1. The molecule has 6 nitrogen and oxygen atoms in total. The lowest BCUT2D eigenvalue weighted by molar-refractivity contribution is -0.124. The van der Waals surface area contributed by atoms with Crippen molar-refractivity contribution in [2.24, 2.45) is 5.41 Å². The first-order chi connectivity index (χ1) is 14.0. The van der Waals surface area contributed by atoms with Crippen LogP contribution in [-0.4, -0.2) is 45.6 Å². The molecular formula is C23H29N5O. The number of fused-ring (bicyclic) bond motifs is 1. The standard InChI is InChI=1S/C23H29N5O/c1-23(2,10-13-28-11-6-3-7-12-28)22(29)25-21-15-20(26-27-21)18-14-17-8-4-5-9-19(17)24-16-18/h4-5,8-9,14-16H,3,6-7,10-13H2,1-2H3,(H2,25,26,27,29). The fraction of sp³-hybridized carbons (Fsp3) is 0.435. The molecule has 3 heterocycles. The minimum Gasteiger partial charge on any atom is -0.309 e. The van der Waals surface area contributed by atoms with E-state index in [2.05, 4.69) is 31.5 Å². The molecule has 0 bridgehead atoms. The van der Waals surface area contributed by atoms with Crippen LogP contribution in [0.5, 0.6) is 0 Å². The molecule has 2 aromatic heterocycles. The van der Waals surface area contributed by atoms with Crippen molar-refractivity contribution in [3.05, 3.63) is 42.6 Å². The van der Waals surface area contributed by atoms with Gasteiger partial charge in [0, 0.05) is 28.6 Å². The Hall–Kier alpha value is -2.73. The lowest BCUT2D eigenvalue weighted by Crippen LogP contribution is -2.37. The molecule has 2 N–H and O–H groups in total. The molecule has 29 heavy (non-hydrogen) atoms. The van der Waals surface area contributed by atoms with Crippen LogP contribution in [0.25, 0.3) is 22.2 Å². The quantitative estimate of drug-likeness (QED) is 0.650. The second-order valence-corrected chi connectivity index (χ2v) is 8.57. The highest BCUT2D eigenvalue weighted by molar-refractivity contribution is 5.94. The van der Waals surface area contributed by atoms with E-state index in [-0.39, 0.29) is 5.91 Å². The molecule has 3 aromatic rings. The van der Waals surface area contributed by atoms with Crippen molar-refractivity contribution in [3.63, 3.8) is 0 Å². The van der Waals surface area contributed by atoms with E-state index in [1.54, 1.807) is 0 Å². The molecule has 0 radical (unpaired) electrons. The summed E-state index contributed by atoms with van der Waals surface area (Å²) in [6.07, 6.45) is 6.53. The smallest absolute Gasteiger partial charge is 0.231 e. The monoisotopic (exact) mass is 391 g/mol. The van der Waals surface area contributed by atoms with Crippen molar-refractivity contribution in [1.29, 1.82) is 0 Å². The van der Waals surface area contributed by atoms with Gasteiger partial charge in [0.15, 0.2) is 5.82 Å². The first-order valence-electron chi connectivity index (χ1n) is 10.5. The van der Waals surface area contributed by atoms with Crippen LogP contribution in [0.15, 0.2) is 42.6 Å². The molecule has 0 spiro atoms. The Morgan fingerprint density at radius 2 is 1.97 bits per heavy atom. The van der Waals surface area contributed by atoms with E-state index in [1.807, 2.05) is 50.4 Å². The van der Waals surface area contributed by atoms with Crippen LogP contribution < -0.4 is 5.32 Å². The lowest BCUT2D eigenvalue weighted by atomic mass is 9.87. The summed E-state index contributed by atoms with van der Waals surface area (Å²) in [6, 6.07) is 11.9. The minimum absolute atomic E-state index is 0.00389. The summed E-state index contributed by atoms with van der Waals surface area (Å²) in [5, 5.41) is 11.3. The molecule has 0 saturated carbocycles. The topological polar surface area (TPSA) is 73.9 Å². The number of rotatable bonds is 6. The van der Waals surface area contributed by atoms with Gasteiger partial charge in [0.05, 0.1) is 11.2 Å². The van der Waals surface area contributed by atoms with Crippen molar-refractivity contribution in [2.45, 2.75) is 39.5 Å². The van der Waals surface area contributed by atoms with Crippen molar-refractivity contribution < 1.29 is 4.79 Å². The molecule has 6 heteroatoms. The van der Waals surface area contributed by atoms with Crippen molar-refractivity contribution >= 4 is 22.6 Å². The molecule has 1 aliphatic heterocycles. The van der Waals surface area contributed by atoms with Gasteiger partial charge in [-0.25, -0.2) is 0 Å². The molecule has 1 saturated heterocycles. The number of nitrogens with zero attached hydrogens (tertiary/aromatic N) is 3. The van der Waals surface area contributed by atoms with Crippen molar-refractivity contribution in [3.8, 4) is 11.3 Å². The Morgan fingerprint density at radius 1 is 1.17 bits per heavy atom.